The van der Waals surface area contributed by atoms with Crippen molar-refractivity contribution in [3.63, 3.8) is 0 Å². The highest BCUT2D eigenvalue weighted by Gasteiger charge is 2.09. The third-order valence-electron chi connectivity index (χ3n) is 2.52. The van der Waals surface area contributed by atoms with Gasteiger partial charge in [0.15, 0.2) is 0 Å². The van der Waals surface area contributed by atoms with Gasteiger partial charge in [0.2, 0.25) is 5.95 Å². The molecule has 5 nitrogen and oxygen atoms in total. The molecule has 2 rings (SSSR count). The second kappa shape index (κ2) is 6.60. The van der Waals surface area contributed by atoms with Crippen LogP contribution < -0.4 is 10.6 Å². The molecule has 0 bridgehead atoms. The standard InChI is InChI=1S/C14H15FN4O/c1-2-8-16-14-17-9-7-12(19-14)13(20)18-11-5-3-10(15)4-6-11/h3-7,9H,2,8H2,1H3,(H,18,20)(H,16,17,19). The van der Waals surface area contributed by atoms with Crippen LogP contribution in [0.4, 0.5) is 16.0 Å². The summed E-state index contributed by atoms with van der Waals surface area (Å²) in [7, 11) is 0. The van der Waals surface area contributed by atoms with Gasteiger partial charge in [-0.05, 0) is 36.8 Å². The summed E-state index contributed by atoms with van der Waals surface area (Å²) in [5, 5.41) is 5.65. The summed E-state index contributed by atoms with van der Waals surface area (Å²) >= 11 is 0. The summed E-state index contributed by atoms with van der Waals surface area (Å²) in [6, 6.07) is 7.07. The zero-order valence-electron chi connectivity index (χ0n) is 11.1. The van der Waals surface area contributed by atoms with E-state index >= 15 is 0 Å². The van der Waals surface area contributed by atoms with Gasteiger partial charge in [0.1, 0.15) is 11.5 Å². The van der Waals surface area contributed by atoms with Gasteiger partial charge in [0.25, 0.3) is 5.91 Å². The Morgan fingerprint density at radius 2 is 2.00 bits per heavy atom. The topological polar surface area (TPSA) is 66.9 Å². The van der Waals surface area contributed by atoms with Crippen molar-refractivity contribution in [1.82, 2.24) is 9.97 Å². The van der Waals surface area contributed by atoms with E-state index in [2.05, 4.69) is 20.6 Å². The molecule has 0 aliphatic carbocycles. The van der Waals surface area contributed by atoms with Gasteiger partial charge in [-0.2, -0.15) is 0 Å². The van der Waals surface area contributed by atoms with Crippen LogP contribution in [0.15, 0.2) is 36.5 Å². The molecule has 0 saturated carbocycles. The van der Waals surface area contributed by atoms with Crippen molar-refractivity contribution in [2.75, 3.05) is 17.2 Å². The molecular weight excluding hydrogens is 259 g/mol. The maximum Gasteiger partial charge on any atom is 0.274 e. The number of hydrogen-bond acceptors (Lipinski definition) is 4. The zero-order valence-corrected chi connectivity index (χ0v) is 11.1. The Kier molecular flexibility index (Phi) is 4.60. The van der Waals surface area contributed by atoms with Gasteiger partial charge < -0.3 is 10.6 Å². The van der Waals surface area contributed by atoms with Crippen LogP contribution in [-0.2, 0) is 0 Å². The minimum atomic E-state index is -0.362. The first-order valence-electron chi connectivity index (χ1n) is 6.33. The fourth-order valence-corrected chi connectivity index (χ4v) is 1.54. The first-order chi connectivity index (χ1) is 9.69. The molecule has 1 amide bonds. The Balaban J connectivity index is 2.06. The second-order valence-corrected chi connectivity index (χ2v) is 4.15. The molecule has 1 aromatic carbocycles. The van der Waals surface area contributed by atoms with E-state index in [0.29, 0.717) is 11.6 Å². The van der Waals surface area contributed by atoms with Crippen LogP contribution in [0.25, 0.3) is 0 Å². The number of rotatable bonds is 5. The summed E-state index contributed by atoms with van der Waals surface area (Å²) in [6.45, 7) is 2.77. The molecule has 6 heteroatoms. The smallest absolute Gasteiger partial charge is 0.274 e. The molecule has 0 saturated heterocycles. The summed E-state index contributed by atoms with van der Waals surface area (Å²) < 4.78 is 12.8. The first kappa shape index (κ1) is 13.9. The van der Waals surface area contributed by atoms with Crippen LogP contribution in [0.1, 0.15) is 23.8 Å². The van der Waals surface area contributed by atoms with Gasteiger partial charge >= 0.3 is 0 Å². The van der Waals surface area contributed by atoms with Gasteiger partial charge in [-0.15, -0.1) is 0 Å². The summed E-state index contributed by atoms with van der Waals surface area (Å²) in [5.74, 6) is -0.298. The van der Waals surface area contributed by atoms with Crippen molar-refractivity contribution in [3.8, 4) is 0 Å². The predicted molar refractivity (Wildman–Crippen MR) is 75.2 cm³/mol. The molecule has 104 valence electrons. The van der Waals surface area contributed by atoms with E-state index in [0.717, 1.165) is 13.0 Å². The van der Waals surface area contributed by atoms with E-state index < -0.39 is 0 Å². The normalized spacial score (nSPS) is 10.1. The van der Waals surface area contributed by atoms with Crippen molar-refractivity contribution < 1.29 is 9.18 Å². The van der Waals surface area contributed by atoms with Gasteiger partial charge in [0.05, 0.1) is 0 Å². The molecule has 0 spiro atoms. The summed E-state index contributed by atoms with van der Waals surface area (Å²) in [4.78, 5) is 20.1. The number of aromatic nitrogens is 2. The number of halogens is 1. The van der Waals surface area contributed by atoms with E-state index in [4.69, 9.17) is 0 Å². The fraction of sp³-hybridized carbons (Fsp3) is 0.214. The van der Waals surface area contributed by atoms with Crippen molar-refractivity contribution in [2.24, 2.45) is 0 Å². The first-order valence-corrected chi connectivity index (χ1v) is 6.33. The Morgan fingerprint density at radius 1 is 1.25 bits per heavy atom. The Bertz CT molecular complexity index is 586. The second-order valence-electron chi connectivity index (χ2n) is 4.15. The van der Waals surface area contributed by atoms with Crippen molar-refractivity contribution >= 4 is 17.5 Å². The predicted octanol–water partition coefficient (Wildman–Crippen LogP) is 2.69. The summed E-state index contributed by atoms with van der Waals surface area (Å²) in [6.07, 6.45) is 2.46. The van der Waals surface area contributed by atoms with E-state index in [-0.39, 0.29) is 17.4 Å². The number of hydrogen-bond donors (Lipinski definition) is 2. The van der Waals surface area contributed by atoms with Gasteiger partial charge in [0, 0.05) is 18.4 Å². The van der Waals surface area contributed by atoms with Crippen LogP contribution in [0.5, 0.6) is 0 Å². The monoisotopic (exact) mass is 274 g/mol. The molecule has 0 radical (unpaired) electrons. The minimum Gasteiger partial charge on any atom is -0.354 e. The van der Waals surface area contributed by atoms with Crippen molar-refractivity contribution in [2.45, 2.75) is 13.3 Å². The van der Waals surface area contributed by atoms with Crippen LogP contribution in [0.3, 0.4) is 0 Å². The molecule has 1 heterocycles. The Labute approximate surface area is 116 Å². The van der Waals surface area contributed by atoms with Gasteiger partial charge in [-0.1, -0.05) is 6.92 Å². The van der Waals surface area contributed by atoms with E-state index in [1.165, 1.54) is 36.5 Å². The maximum atomic E-state index is 12.8. The molecule has 0 unspecified atom stereocenters. The molecule has 0 atom stereocenters. The lowest BCUT2D eigenvalue weighted by Gasteiger charge is -2.06. The fourth-order valence-electron chi connectivity index (χ4n) is 1.54. The molecule has 0 aliphatic rings. The van der Waals surface area contributed by atoms with Gasteiger partial charge in [-0.3, -0.25) is 4.79 Å². The van der Waals surface area contributed by atoms with Crippen LogP contribution in [-0.4, -0.2) is 22.4 Å². The Hall–Kier alpha value is -2.50. The molecular formula is C14H15FN4O. The number of nitrogens with zero attached hydrogens (tertiary/aromatic N) is 2. The molecule has 1 aromatic heterocycles. The highest BCUT2D eigenvalue weighted by atomic mass is 19.1. The van der Waals surface area contributed by atoms with Crippen molar-refractivity contribution in [1.29, 1.82) is 0 Å². The lowest BCUT2D eigenvalue weighted by atomic mass is 10.3. The minimum absolute atomic E-state index is 0.253. The van der Waals surface area contributed by atoms with Gasteiger partial charge in [-0.25, -0.2) is 14.4 Å². The highest BCUT2D eigenvalue weighted by Crippen LogP contribution is 2.10. The molecule has 20 heavy (non-hydrogen) atoms. The number of amides is 1. The van der Waals surface area contributed by atoms with Crippen molar-refractivity contribution in [3.05, 3.63) is 48.0 Å². The number of benzene rings is 1. The highest BCUT2D eigenvalue weighted by molar-refractivity contribution is 6.02. The summed E-state index contributed by atoms with van der Waals surface area (Å²) in [5.41, 5.74) is 0.765. The van der Waals surface area contributed by atoms with E-state index in [1.807, 2.05) is 6.92 Å². The third kappa shape index (κ3) is 3.74. The average Bonchev–Trinajstić information content (AvgIpc) is 2.48. The maximum absolute atomic E-state index is 12.8. The van der Waals surface area contributed by atoms with E-state index in [1.54, 1.807) is 0 Å². The largest absolute Gasteiger partial charge is 0.354 e. The van der Waals surface area contributed by atoms with Crippen LogP contribution >= 0.6 is 0 Å². The lowest BCUT2D eigenvalue weighted by Crippen LogP contribution is -2.15. The number of carbonyl (C=O) groups excluding carboxylic acids is 1. The molecule has 0 fully saturated rings. The molecule has 2 aromatic rings. The Morgan fingerprint density at radius 3 is 2.70 bits per heavy atom. The quantitative estimate of drug-likeness (QED) is 0.879. The third-order valence-corrected chi connectivity index (χ3v) is 2.52. The average molecular weight is 274 g/mol. The van der Waals surface area contributed by atoms with Crippen LogP contribution in [0.2, 0.25) is 0 Å². The SMILES string of the molecule is CCCNc1nccc(C(=O)Nc2ccc(F)cc2)n1. The number of anilines is 2. The lowest BCUT2D eigenvalue weighted by molar-refractivity contribution is 0.102. The molecule has 0 aliphatic heterocycles. The zero-order chi connectivity index (χ0) is 14.4. The van der Waals surface area contributed by atoms with E-state index in [9.17, 15) is 9.18 Å². The number of nitrogens with one attached hydrogen (secondary N) is 2. The van der Waals surface area contributed by atoms with Crippen LogP contribution in [0, 0.1) is 5.82 Å². The molecule has 2 N–H and O–H groups in total. The number of carbonyl (C=O) groups is 1.